The van der Waals surface area contributed by atoms with Crippen LogP contribution in [0, 0.1) is 0 Å². The fourth-order valence-electron chi connectivity index (χ4n) is 7.16. The Bertz CT molecular complexity index is 1530. The predicted molar refractivity (Wildman–Crippen MR) is 194 cm³/mol. The number of aliphatic hydroxyl groups is 12. The van der Waals surface area contributed by atoms with Gasteiger partial charge in [0.25, 0.3) is 0 Å². The molecule has 0 aromatic heterocycles. The molecule has 4 saturated heterocycles. The van der Waals surface area contributed by atoms with Gasteiger partial charge in [0.1, 0.15) is 97.5 Å². The summed E-state index contributed by atoms with van der Waals surface area (Å²) in [4.78, 5) is 47.1. The number of amides is 2. The van der Waals surface area contributed by atoms with Crippen molar-refractivity contribution in [2.24, 2.45) is 0 Å². The van der Waals surface area contributed by atoms with Crippen LogP contribution in [-0.2, 0) is 65.9 Å². The van der Waals surface area contributed by atoms with Gasteiger partial charge in [-0.05, 0) is 0 Å². The van der Waals surface area contributed by atoms with E-state index in [2.05, 4.69) is 10.6 Å². The lowest BCUT2D eigenvalue weighted by molar-refractivity contribution is -0.362. The van der Waals surface area contributed by atoms with E-state index in [1.807, 2.05) is 0 Å². The van der Waals surface area contributed by atoms with Gasteiger partial charge in [0.15, 0.2) is 31.3 Å². The van der Waals surface area contributed by atoms with E-state index in [-0.39, 0.29) is 0 Å². The van der Waals surface area contributed by atoms with E-state index in [1.54, 1.807) is 0 Å². The fourth-order valence-corrected chi connectivity index (χ4v) is 8.28. The van der Waals surface area contributed by atoms with Crippen LogP contribution in [0.5, 0.6) is 0 Å². The molecule has 21 atom stereocenters. The van der Waals surface area contributed by atoms with Crippen molar-refractivity contribution in [3.63, 3.8) is 0 Å². The molecule has 0 radical (unpaired) electrons. The van der Waals surface area contributed by atoms with E-state index in [9.17, 15) is 85.1 Å². The van der Waals surface area contributed by atoms with E-state index in [0.29, 0.717) is 0 Å². The van der Waals surface area contributed by atoms with Gasteiger partial charge in [0, 0.05) is 20.8 Å². The molecule has 4 heterocycles. The van der Waals surface area contributed by atoms with Gasteiger partial charge in [-0.2, -0.15) is 0 Å². The number of hydrogen-bond acceptors (Lipinski definition) is 26. The smallest absolute Gasteiger partial charge is 0.457 e. The van der Waals surface area contributed by atoms with Gasteiger partial charge in [0.2, 0.25) is 11.8 Å². The molecule has 366 valence electrons. The third-order valence-electron chi connectivity index (χ3n) is 10.2. The van der Waals surface area contributed by atoms with Crippen LogP contribution < -0.4 is 10.6 Å². The molecule has 4 aliphatic rings. The van der Waals surface area contributed by atoms with Gasteiger partial charge < -0.3 is 115 Å². The number of carbonyl (C=O) groups excluding carboxylic acids is 3. The molecule has 15 N–H and O–H groups in total. The Morgan fingerprint density at radius 1 is 0.587 bits per heavy atom. The molecule has 2 amide bonds. The van der Waals surface area contributed by atoms with Gasteiger partial charge in [-0.15, -0.1) is 0 Å². The lowest BCUT2D eigenvalue weighted by Crippen LogP contribution is -2.69. The third kappa shape index (κ3) is 13.2. The number of hydrogen-bond donors (Lipinski definition) is 15. The molecular formula is C33H57N2O27P. The fraction of sp³-hybridized carbons (Fsp3) is 0.909. The number of esters is 1. The number of carbonyl (C=O) groups is 3. The Morgan fingerprint density at radius 3 is 1.67 bits per heavy atom. The van der Waals surface area contributed by atoms with Crippen LogP contribution in [0.25, 0.3) is 0 Å². The van der Waals surface area contributed by atoms with Crippen molar-refractivity contribution < 1.29 is 132 Å². The SMILES string of the molecule is CC(=O)N[C@@H]1[C@@H](O[C@@H]2O[C@H](CO[C@H]3O[C@H](CO)[C@H](O)[C@H](O[C@@H]4O[C@H](CO)[C@H](OP(=O)(O)OC(CO)CO)[C@H](OC(C)=O)[C@H]4NC(C)=O)[C@H]3O)[C@@H](O)[C@H](O)[C@H]2O)[C@@H](O)[C@@H](CO)O[C@H]1O. The van der Waals surface area contributed by atoms with E-state index in [1.165, 1.54) is 0 Å². The Morgan fingerprint density at radius 2 is 1.11 bits per heavy atom. The van der Waals surface area contributed by atoms with Crippen LogP contribution in [-0.4, -0.2) is 252 Å². The van der Waals surface area contributed by atoms with Crippen LogP contribution in [0.4, 0.5) is 0 Å². The summed E-state index contributed by atoms with van der Waals surface area (Å²) >= 11 is 0. The first-order valence-corrected chi connectivity index (χ1v) is 20.9. The first-order chi connectivity index (χ1) is 29.6. The number of ether oxygens (including phenoxy) is 8. The summed E-state index contributed by atoms with van der Waals surface area (Å²) in [5, 5.41) is 130. The summed E-state index contributed by atoms with van der Waals surface area (Å²) in [5.41, 5.74) is 0. The maximum absolute atomic E-state index is 12.9. The third-order valence-corrected chi connectivity index (χ3v) is 11.3. The maximum atomic E-state index is 12.9. The lowest BCUT2D eigenvalue weighted by atomic mass is 9.95. The quantitative estimate of drug-likeness (QED) is 0.0422. The number of nitrogens with one attached hydrogen (secondary N) is 2. The highest BCUT2D eigenvalue weighted by Crippen LogP contribution is 2.48. The summed E-state index contributed by atoms with van der Waals surface area (Å²) in [5.74, 6) is -2.65. The average molecular weight is 945 g/mol. The normalized spacial score (nSPS) is 42.0. The number of rotatable bonds is 19. The molecule has 0 aliphatic carbocycles. The van der Waals surface area contributed by atoms with Crippen molar-refractivity contribution in [1.29, 1.82) is 0 Å². The van der Waals surface area contributed by atoms with Crippen molar-refractivity contribution in [2.45, 2.75) is 150 Å². The van der Waals surface area contributed by atoms with E-state index >= 15 is 0 Å². The molecule has 29 nitrogen and oxygen atoms in total. The first-order valence-electron chi connectivity index (χ1n) is 19.4. The molecule has 0 bridgehead atoms. The zero-order valence-electron chi connectivity index (χ0n) is 33.8. The van der Waals surface area contributed by atoms with Gasteiger partial charge in [-0.3, -0.25) is 23.4 Å². The van der Waals surface area contributed by atoms with Crippen LogP contribution in [0.15, 0.2) is 0 Å². The highest BCUT2D eigenvalue weighted by Gasteiger charge is 2.56. The van der Waals surface area contributed by atoms with Gasteiger partial charge >= 0.3 is 13.8 Å². The summed E-state index contributed by atoms with van der Waals surface area (Å²) in [6.45, 7) is -2.68. The molecule has 0 saturated carbocycles. The minimum atomic E-state index is -5.31. The zero-order valence-corrected chi connectivity index (χ0v) is 34.7. The molecule has 1 unspecified atom stereocenters. The van der Waals surface area contributed by atoms with E-state index in [0.717, 1.165) is 20.8 Å². The Labute approximate surface area is 357 Å². The maximum Gasteiger partial charge on any atom is 0.473 e. The van der Waals surface area contributed by atoms with Crippen molar-refractivity contribution in [3.8, 4) is 0 Å². The summed E-state index contributed by atoms with van der Waals surface area (Å²) in [7, 11) is -5.31. The second-order valence-corrected chi connectivity index (χ2v) is 16.2. The topological polar surface area (TPSA) is 448 Å². The second-order valence-electron chi connectivity index (χ2n) is 14.9. The molecule has 4 aliphatic heterocycles. The largest absolute Gasteiger partial charge is 0.473 e. The highest BCUT2D eigenvalue weighted by molar-refractivity contribution is 7.47. The summed E-state index contributed by atoms with van der Waals surface area (Å²) in [6.07, 6.45) is -35.3. The second kappa shape index (κ2) is 23.5. The van der Waals surface area contributed by atoms with Crippen molar-refractivity contribution in [2.75, 3.05) is 39.6 Å². The molecule has 0 aromatic rings. The molecular weight excluding hydrogens is 887 g/mol. The van der Waals surface area contributed by atoms with Crippen molar-refractivity contribution >= 4 is 25.6 Å². The van der Waals surface area contributed by atoms with Crippen LogP contribution in [0.3, 0.4) is 0 Å². The highest BCUT2D eigenvalue weighted by atomic mass is 31.2. The van der Waals surface area contributed by atoms with E-state index < -0.39 is 194 Å². The Balaban J connectivity index is 1.57. The number of phosphoric ester groups is 1. The van der Waals surface area contributed by atoms with Crippen LogP contribution >= 0.6 is 7.82 Å². The minimum absolute atomic E-state index is 0.718. The molecule has 30 heteroatoms. The monoisotopic (exact) mass is 944 g/mol. The zero-order chi connectivity index (χ0) is 47.1. The first kappa shape index (κ1) is 53.4. The van der Waals surface area contributed by atoms with Crippen LogP contribution in [0.2, 0.25) is 0 Å². The molecule has 0 aromatic carbocycles. The van der Waals surface area contributed by atoms with Crippen LogP contribution in [0.1, 0.15) is 20.8 Å². The number of phosphoric acid groups is 1. The lowest BCUT2D eigenvalue weighted by Gasteiger charge is -2.48. The van der Waals surface area contributed by atoms with Gasteiger partial charge in [0.05, 0.1) is 39.6 Å². The average Bonchev–Trinajstić information content (AvgIpc) is 3.22. The molecule has 4 rings (SSSR count). The molecule has 0 spiro atoms. The predicted octanol–water partition coefficient (Wildman–Crippen LogP) is -9.40. The van der Waals surface area contributed by atoms with Crippen molar-refractivity contribution in [3.05, 3.63) is 0 Å². The summed E-state index contributed by atoms with van der Waals surface area (Å²) < 4.78 is 67.4. The summed E-state index contributed by atoms with van der Waals surface area (Å²) in [6, 6.07) is -3.28. The minimum Gasteiger partial charge on any atom is -0.457 e. The van der Waals surface area contributed by atoms with Gasteiger partial charge in [-0.25, -0.2) is 4.57 Å². The molecule has 4 fully saturated rings. The Hall–Kier alpha value is -2.24. The standard InChI is InChI=1S/C33H57N2O27P/c1-10(41)34-18-27(21(45)14(6-38)55-30(18)50)59-33-24(48)23(47)20(44)17(58-33)9-53-32-25(49)29(22(46)15(7-39)56-32)60-31-19(35-11(2)42)28(54-12(3)43)26(16(8-40)57-31)62-63(51,52)61-13(4-36)5-37/h13-33,36-40,44-50H,4-9H2,1-3H3,(H,34,41)(H,35,42)(H,51,52)/t14-,15-,16-,17-,18-,19-,20-,21+,22+,23+,24-,25-,26+,27-,28-,29+,30-,31+,32+,33+/m1/s1. The Kier molecular flexibility index (Phi) is 19.9. The van der Waals surface area contributed by atoms with Gasteiger partial charge in [-0.1, -0.05) is 0 Å². The number of aliphatic hydroxyl groups excluding tert-OH is 12. The molecule has 63 heavy (non-hydrogen) atoms. The van der Waals surface area contributed by atoms with E-state index in [4.69, 9.17) is 46.9 Å². The van der Waals surface area contributed by atoms with Crippen molar-refractivity contribution in [1.82, 2.24) is 10.6 Å².